The van der Waals surface area contributed by atoms with Gasteiger partial charge in [0.25, 0.3) is 0 Å². The highest BCUT2D eigenvalue weighted by Crippen LogP contribution is 2.30. The van der Waals surface area contributed by atoms with E-state index in [0.717, 1.165) is 24.3 Å². The molecule has 0 spiro atoms. The maximum absolute atomic E-state index is 12.6. The minimum Gasteiger partial charge on any atom is -0.359 e. The fourth-order valence-electron chi connectivity index (χ4n) is 1.99. The number of anilines is 1. The largest absolute Gasteiger partial charge is 0.416 e. The van der Waals surface area contributed by atoms with Gasteiger partial charge in [0.2, 0.25) is 5.91 Å². The Bertz CT molecular complexity index is 808. The molecule has 2 aromatic rings. The van der Waals surface area contributed by atoms with Crippen molar-refractivity contribution in [3.05, 3.63) is 41.7 Å². The van der Waals surface area contributed by atoms with Crippen molar-refractivity contribution in [3.63, 3.8) is 0 Å². The average Bonchev–Trinajstić information content (AvgIpc) is 3.01. The molecular weight excluding hydrogens is 369 g/mol. The molecule has 0 radical (unpaired) electrons. The van der Waals surface area contributed by atoms with Gasteiger partial charge in [-0.15, -0.1) is 0 Å². The minimum absolute atomic E-state index is 0.135. The van der Waals surface area contributed by atoms with E-state index in [0.29, 0.717) is 5.76 Å². The van der Waals surface area contributed by atoms with Crippen molar-refractivity contribution in [2.75, 3.05) is 5.32 Å². The van der Waals surface area contributed by atoms with Gasteiger partial charge in [0.15, 0.2) is 5.82 Å². The second-order valence-corrected chi connectivity index (χ2v) is 8.55. The number of carbonyl (C=O) groups excluding carboxylic acids is 1. The molecular formula is C17H19F3N2O3S. The van der Waals surface area contributed by atoms with Crippen molar-refractivity contribution in [1.82, 2.24) is 5.16 Å². The number of nitrogens with one attached hydrogen (secondary N) is 1. The van der Waals surface area contributed by atoms with Gasteiger partial charge in [-0.25, -0.2) is 0 Å². The number of benzene rings is 1. The Morgan fingerprint density at radius 1 is 1.19 bits per heavy atom. The number of amides is 1. The molecule has 9 heteroatoms. The Morgan fingerprint density at radius 3 is 2.23 bits per heavy atom. The van der Waals surface area contributed by atoms with Crippen molar-refractivity contribution in [2.45, 2.75) is 49.4 Å². The van der Waals surface area contributed by atoms with Crippen molar-refractivity contribution >= 4 is 22.5 Å². The van der Waals surface area contributed by atoms with Crippen LogP contribution in [0, 0.1) is 0 Å². The Labute approximate surface area is 151 Å². The summed E-state index contributed by atoms with van der Waals surface area (Å²) in [7, 11) is -1.82. The Kier molecular flexibility index (Phi) is 5.60. The lowest BCUT2D eigenvalue weighted by molar-refractivity contribution is -0.137. The molecule has 2 rings (SSSR count). The highest BCUT2D eigenvalue weighted by Gasteiger charge is 2.31. The highest BCUT2D eigenvalue weighted by molar-refractivity contribution is 7.86. The van der Waals surface area contributed by atoms with Crippen molar-refractivity contribution in [2.24, 2.45) is 0 Å². The van der Waals surface area contributed by atoms with E-state index < -0.39 is 33.7 Å². The van der Waals surface area contributed by atoms with Gasteiger partial charge in [-0.2, -0.15) is 13.2 Å². The zero-order chi connectivity index (χ0) is 19.7. The van der Waals surface area contributed by atoms with Crippen LogP contribution in [0.15, 0.2) is 39.8 Å². The molecule has 0 aliphatic carbocycles. The van der Waals surface area contributed by atoms with E-state index in [9.17, 15) is 22.2 Å². The molecule has 0 fully saturated rings. The first-order valence-electron chi connectivity index (χ1n) is 7.75. The molecule has 0 bridgehead atoms. The molecule has 142 valence electrons. The van der Waals surface area contributed by atoms with Crippen LogP contribution in [0.2, 0.25) is 0 Å². The zero-order valence-corrected chi connectivity index (χ0v) is 15.5. The first kappa shape index (κ1) is 20.2. The van der Waals surface area contributed by atoms with Crippen LogP contribution in [0.1, 0.15) is 39.0 Å². The van der Waals surface area contributed by atoms with Crippen LogP contribution in [0.3, 0.4) is 0 Å². The summed E-state index contributed by atoms with van der Waals surface area (Å²) >= 11 is 0. The normalized spacial score (nSPS) is 14.7. The van der Waals surface area contributed by atoms with E-state index in [1.807, 2.05) is 20.8 Å². The summed E-state index contributed by atoms with van der Waals surface area (Å²) < 4.78 is 55.3. The fourth-order valence-corrected chi connectivity index (χ4v) is 3.06. The van der Waals surface area contributed by atoms with Gasteiger partial charge in [0, 0.05) is 16.4 Å². The number of alkyl halides is 3. The van der Waals surface area contributed by atoms with Crippen LogP contribution >= 0.6 is 0 Å². The van der Waals surface area contributed by atoms with E-state index >= 15 is 0 Å². The molecule has 1 aromatic carbocycles. The number of carbonyl (C=O) groups is 1. The van der Waals surface area contributed by atoms with Crippen molar-refractivity contribution < 1.29 is 26.7 Å². The molecule has 1 heterocycles. The third kappa shape index (κ3) is 4.72. The smallest absolute Gasteiger partial charge is 0.359 e. The number of halogens is 3. The summed E-state index contributed by atoms with van der Waals surface area (Å²) in [6.07, 6.45) is -4.47. The number of hydrogen-bond donors (Lipinski definition) is 1. The summed E-state index contributed by atoms with van der Waals surface area (Å²) in [4.78, 5) is 12.4. The summed E-state index contributed by atoms with van der Waals surface area (Å²) in [6, 6.07) is 5.47. The van der Waals surface area contributed by atoms with E-state index in [2.05, 4.69) is 10.5 Å². The number of rotatable bonds is 4. The van der Waals surface area contributed by atoms with Crippen LogP contribution in [-0.2, 0) is 27.2 Å². The van der Waals surface area contributed by atoms with E-state index in [-0.39, 0.29) is 16.1 Å². The summed E-state index contributed by atoms with van der Waals surface area (Å²) in [5, 5.41) is 5.26. The molecule has 2 atom stereocenters. The highest BCUT2D eigenvalue weighted by atomic mass is 32.2. The van der Waals surface area contributed by atoms with Crippen LogP contribution in [0.4, 0.5) is 19.0 Å². The Morgan fingerprint density at radius 2 is 1.77 bits per heavy atom. The third-order valence-electron chi connectivity index (χ3n) is 3.60. The molecule has 1 N–H and O–H groups in total. The van der Waals surface area contributed by atoms with Gasteiger partial charge in [-0.3, -0.25) is 9.00 Å². The Balaban J connectivity index is 2.07. The van der Waals surface area contributed by atoms with Crippen LogP contribution < -0.4 is 5.32 Å². The molecule has 2 unspecified atom stereocenters. The Hall–Kier alpha value is -2.16. The molecule has 0 aliphatic rings. The maximum Gasteiger partial charge on any atom is 0.416 e. The quantitative estimate of drug-likeness (QED) is 0.855. The fraction of sp³-hybridized carbons (Fsp3) is 0.412. The van der Waals surface area contributed by atoms with Crippen molar-refractivity contribution in [3.8, 4) is 0 Å². The van der Waals surface area contributed by atoms with Crippen molar-refractivity contribution in [1.29, 1.82) is 0 Å². The zero-order valence-electron chi connectivity index (χ0n) is 14.7. The predicted octanol–water partition coefficient (Wildman–Crippen LogP) is 4.13. The topological polar surface area (TPSA) is 72.2 Å². The molecule has 1 aromatic heterocycles. The standard InChI is InChI=1S/C17H19F3N2O3S/c1-10(15(23)21-14-9-13(25-22-14)16(2,3)4)26(24)12-7-5-11(6-8-12)17(18,19)20/h5-10H,1-4H3,(H,21,22,23). The van der Waals surface area contributed by atoms with Crippen LogP contribution in [0.5, 0.6) is 0 Å². The molecule has 0 aliphatic heterocycles. The number of hydrogen-bond acceptors (Lipinski definition) is 4. The van der Waals surface area contributed by atoms with E-state index in [1.54, 1.807) is 6.07 Å². The van der Waals surface area contributed by atoms with Gasteiger partial charge in [0.05, 0.1) is 16.4 Å². The van der Waals surface area contributed by atoms with Gasteiger partial charge < -0.3 is 9.84 Å². The lowest BCUT2D eigenvalue weighted by Gasteiger charge is -2.12. The first-order valence-corrected chi connectivity index (χ1v) is 8.97. The second kappa shape index (κ2) is 7.22. The molecule has 1 amide bonds. The summed E-state index contributed by atoms with van der Waals surface area (Å²) in [5.41, 5.74) is -1.13. The van der Waals surface area contributed by atoms with Gasteiger partial charge in [-0.1, -0.05) is 25.9 Å². The first-order chi connectivity index (χ1) is 11.9. The van der Waals surface area contributed by atoms with Gasteiger partial charge in [0.1, 0.15) is 11.0 Å². The van der Waals surface area contributed by atoms with Gasteiger partial charge in [-0.05, 0) is 31.2 Å². The SMILES string of the molecule is CC(C(=O)Nc1cc(C(C)(C)C)on1)S(=O)c1ccc(C(F)(F)F)cc1. The number of aromatic nitrogens is 1. The molecule has 26 heavy (non-hydrogen) atoms. The lowest BCUT2D eigenvalue weighted by atomic mass is 9.93. The summed E-state index contributed by atoms with van der Waals surface area (Å²) in [5.74, 6) is 0.192. The lowest BCUT2D eigenvalue weighted by Crippen LogP contribution is -2.29. The number of nitrogens with zero attached hydrogens (tertiary/aromatic N) is 1. The maximum atomic E-state index is 12.6. The van der Waals surface area contributed by atoms with E-state index in [1.165, 1.54) is 6.92 Å². The summed E-state index contributed by atoms with van der Waals surface area (Å²) in [6.45, 7) is 7.18. The average molecular weight is 388 g/mol. The van der Waals surface area contributed by atoms with Crippen LogP contribution in [-0.4, -0.2) is 20.5 Å². The second-order valence-electron chi connectivity index (χ2n) is 6.78. The molecule has 5 nitrogen and oxygen atoms in total. The molecule has 0 saturated heterocycles. The van der Waals surface area contributed by atoms with Crippen LogP contribution in [0.25, 0.3) is 0 Å². The van der Waals surface area contributed by atoms with Gasteiger partial charge >= 0.3 is 6.18 Å². The van der Waals surface area contributed by atoms with E-state index in [4.69, 9.17) is 4.52 Å². The monoisotopic (exact) mass is 388 g/mol. The predicted molar refractivity (Wildman–Crippen MR) is 91.1 cm³/mol. The minimum atomic E-state index is -4.47. The third-order valence-corrected chi connectivity index (χ3v) is 5.20. The molecule has 0 saturated carbocycles.